The third-order valence-corrected chi connectivity index (χ3v) is 4.92. The normalized spacial score (nSPS) is 26.2. The number of hydrogen-bond acceptors (Lipinski definition) is 5. The summed E-state index contributed by atoms with van der Waals surface area (Å²) in [5.74, 6) is 1.26. The van der Waals surface area contributed by atoms with E-state index >= 15 is 0 Å². The van der Waals surface area contributed by atoms with Crippen molar-refractivity contribution >= 4 is 5.52 Å². The van der Waals surface area contributed by atoms with Crippen LogP contribution in [-0.2, 0) is 7.05 Å². The summed E-state index contributed by atoms with van der Waals surface area (Å²) in [6, 6.07) is 2.55. The number of aromatic nitrogens is 5. The summed E-state index contributed by atoms with van der Waals surface area (Å²) in [6.07, 6.45) is 9.97. The zero-order valence-corrected chi connectivity index (χ0v) is 12.9. The van der Waals surface area contributed by atoms with Crippen LogP contribution in [0.15, 0.2) is 30.9 Å². The van der Waals surface area contributed by atoms with Crippen LogP contribution in [0.25, 0.3) is 16.8 Å². The van der Waals surface area contributed by atoms with Gasteiger partial charge in [-0.3, -0.25) is 4.68 Å². The quantitative estimate of drug-likeness (QED) is 0.789. The molecule has 7 heteroatoms. The second kappa shape index (κ2) is 4.79. The Bertz CT molecular complexity index is 868. The van der Waals surface area contributed by atoms with Crippen LogP contribution in [0.1, 0.15) is 12.8 Å². The number of hydrogen-bond donors (Lipinski definition) is 1. The fourth-order valence-electron chi connectivity index (χ4n) is 3.75. The summed E-state index contributed by atoms with van der Waals surface area (Å²) >= 11 is 0. The Labute approximate surface area is 133 Å². The van der Waals surface area contributed by atoms with Gasteiger partial charge in [0.05, 0.1) is 24.3 Å². The molecular formula is C16H18N6O. The van der Waals surface area contributed by atoms with Crippen molar-refractivity contribution in [2.45, 2.75) is 25.0 Å². The van der Waals surface area contributed by atoms with E-state index in [0.29, 0.717) is 17.8 Å². The summed E-state index contributed by atoms with van der Waals surface area (Å²) in [6.45, 7) is 1.05. The first kappa shape index (κ1) is 13.1. The van der Waals surface area contributed by atoms with E-state index in [4.69, 9.17) is 9.72 Å². The van der Waals surface area contributed by atoms with Gasteiger partial charge in [0.2, 0.25) is 5.88 Å². The fourth-order valence-corrected chi connectivity index (χ4v) is 3.75. The second-order valence-electron chi connectivity index (χ2n) is 6.49. The molecule has 2 fully saturated rings. The molecule has 1 aliphatic carbocycles. The first-order valence-corrected chi connectivity index (χ1v) is 8.00. The van der Waals surface area contributed by atoms with Crippen molar-refractivity contribution in [2.75, 3.05) is 6.54 Å². The summed E-state index contributed by atoms with van der Waals surface area (Å²) in [4.78, 5) is 4.75. The molecule has 0 amide bonds. The molecule has 1 saturated carbocycles. The maximum absolute atomic E-state index is 6.31. The highest BCUT2D eigenvalue weighted by atomic mass is 16.5. The Morgan fingerprint density at radius 3 is 2.96 bits per heavy atom. The van der Waals surface area contributed by atoms with Crippen LogP contribution < -0.4 is 10.1 Å². The Balaban J connectivity index is 1.55. The van der Waals surface area contributed by atoms with Gasteiger partial charge in [-0.15, -0.1) is 0 Å². The topological polar surface area (TPSA) is 69.3 Å². The van der Waals surface area contributed by atoms with E-state index in [2.05, 4.69) is 15.5 Å². The van der Waals surface area contributed by atoms with Crippen LogP contribution in [0.2, 0.25) is 0 Å². The van der Waals surface area contributed by atoms with Crippen molar-refractivity contribution in [1.82, 2.24) is 29.7 Å². The minimum atomic E-state index is 0.247. The molecule has 1 aliphatic heterocycles. The lowest BCUT2D eigenvalue weighted by atomic mass is 10.1. The van der Waals surface area contributed by atoms with E-state index in [1.165, 1.54) is 6.42 Å². The molecule has 0 unspecified atom stereocenters. The van der Waals surface area contributed by atoms with Gasteiger partial charge in [0, 0.05) is 43.7 Å². The molecule has 3 aromatic heterocycles. The fraction of sp³-hybridized carbons (Fsp3) is 0.438. The molecule has 3 aromatic rings. The molecule has 5 rings (SSSR count). The van der Waals surface area contributed by atoms with Gasteiger partial charge < -0.3 is 10.1 Å². The molecule has 0 aromatic carbocycles. The third kappa shape index (κ3) is 2.11. The molecule has 23 heavy (non-hydrogen) atoms. The van der Waals surface area contributed by atoms with Gasteiger partial charge in [-0.25, -0.2) is 9.50 Å². The van der Waals surface area contributed by atoms with E-state index in [-0.39, 0.29) is 6.10 Å². The largest absolute Gasteiger partial charge is 0.472 e. The van der Waals surface area contributed by atoms with Gasteiger partial charge in [0.1, 0.15) is 11.6 Å². The van der Waals surface area contributed by atoms with Gasteiger partial charge in [0.25, 0.3) is 0 Å². The summed E-state index contributed by atoms with van der Waals surface area (Å²) < 4.78 is 9.91. The summed E-state index contributed by atoms with van der Waals surface area (Å²) in [5.41, 5.74) is 2.70. The van der Waals surface area contributed by atoms with Crippen molar-refractivity contribution in [3.8, 4) is 17.1 Å². The standard InChI is InChI=1S/C16H18N6O/c1-21-8-11(7-19-21)13-9-22-14(2-3-18-22)16(20-13)23-15-5-12-4-10(15)6-17-12/h2-3,7-10,12,15,17H,4-6H2,1H3/t10-,12-,15+/m1/s1. The third-order valence-electron chi connectivity index (χ3n) is 4.92. The number of nitrogens with zero attached hydrogens (tertiary/aromatic N) is 5. The summed E-state index contributed by atoms with van der Waals surface area (Å²) in [7, 11) is 1.90. The van der Waals surface area contributed by atoms with Crippen LogP contribution in [0.4, 0.5) is 0 Å². The van der Waals surface area contributed by atoms with Crippen molar-refractivity contribution in [2.24, 2.45) is 13.0 Å². The van der Waals surface area contributed by atoms with Crippen molar-refractivity contribution in [3.05, 3.63) is 30.9 Å². The van der Waals surface area contributed by atoms with Gasteiger partial charge in [-0.2, -0.15) is 10.2 Å². The van der Waals surface area contributed by atoms with E-state index in [1.807, 2.05) is 36.2 Å². The lowest BCUT2D eigenvalue weighted by molar-refractivity contribution is 0.141. The van der Waals surface area contributed by atoms with Crippen molar-refractivity contribution in [1.29, 1.82) is 0 Å². The average Bonchev–Trinajstić information content (AvgIpc) is 3.30. The smallest absolute Gasteiger partial charge is 0.240 e. The highest BCUT2D eigenvalue weighted by molar-refractivity contribution is 5.63. The zero-order valence-electron chi connectivity index (χ0n) is 12.9. The van der Waals surface area contributed by atoms with Crippen LogP contribution in [0, 0.1) is 5.92 Å². The predicted octanol–water partition coefficient (Wildman–Crippen LogP) is 1.26. The Kier molecular flexibility index (Phi) is 2.72. The van der Waals surface area contributed by atoms with Gasteiger partial charge in [-0.1, -0.05) is 0 Å². The number of ether oxygens (including phenoxy) is 1. The van der Waals surface area contributed by atoms with E-state index in [0.717, 1.165) is 29.7 Å². The number of rotatable bonds is 3. The average molecular weight is 310 g/mol. The maximum Gasteiger partial charge on any atom is 0.240 e. The second-order valence-corrected chi connectivity index (χ2v) is 6.49. The Morgan fingerprint density at radius 2 is 2.22 bits per heavy atom. The van der Waals surface area contributed by atoms with Crippen molar-refractivity contribution < 1.29 is 4.74 Å². The lowest BCUT2D eigenvalue weighted by Crippen LogP contribution is -2.36. The van der Waals surface area contributed by atoms with E-state index in [1.54, 1.807) is 10.9 Å². The molecule has 2 aliphatic rings. The molecule has 3 atom stereocenters. The number of aryl methyl sites for hydroxylation is 1. The molecule has 2 bridgehead atoms. The first-order valence-electron chi connectivity index (χ1n) is 8.00. The molecular weight excluding hydrogens is 292 g/mol. The maximum atomic E-state index is 6.31. The van der Waals surface area contributed by atoms with Gasteiger partial charge >= 0.3 is 0 Å². The highest BCUT2D eigenvalue weighted by Gasteiger charge is 2.41. The lowest BCUT2D eigenvalue weighted by Gasteiger charge is -2.23. The first-order chi connectivity index (χ1) is 11.3. The number of piperidine rings is 1. The molecule has 0 radical (unpaired) electrons. The Hall–Kier alpha value is -2.41. The molecule has 1 N–H and O–H groups in total. The molecule has 0 spiro atoms. The molecule has 7 nitrogen and oxygen atoms in total. The molecule has 1 saturated heterocycles. The minimum Gasteiger partial charge on any atom is -0.472 e. The zero-order chi connectivity index (χ0) is 15.4. The van der Waals surface area contributed by atoms with Crippen LogP contribution in [-0.4, -0.2) is 43.1 Å². The van der Waals surface area contributed by atoms with Gasteiger partial charge in [0.15, 0.2) is 0 Å². The van der Waals surface area contributed by atoms with Crippen LogP contribution >= 0.6 is 0 Å². The van der Waals surface area contributed by atoms with E-state index in [9.17, 15) is 0 Å². The number of fused-ring (bicyclic) bond motifs is 3. The van der Waals surface area contributed by atoms with Crippen molar-refractivity contribution in [3.63, 3.8) is 0 Å². The SMILES string of the molecule is Cn1cc(-c2cn3nccc3c(O[C@H]3C[C@H]4C[C@@H]3CN4)n2)cn1. The Morgan fingerprint density at radius 1 is 1.26 bits per heavy atom. The summed E-state index contributed by atoms with van der Waals surface area (Å²) in [5, 5.41) is 12.1. The van der Waals surface area contributed by atoms with Crippen LogP contribution in [0.3, 0.4) is 0 Å². The van der Waals surface area contributed by atoms with Gasteiger partial charge in [-0.05, 0) is 12.5 Å². The molecule has 4 heterocycles. The molecule has 118 valence electrons. The predicted molar refractivity (Wildman–Crippen MR) is 84.1 cm³/mol. The monoisotopic (exact) mass is 310 g/mol. The van der Waals surface area contributed by atoms with E-state index < -0.39 is 0 Å². The highest BCUT2D eigenvalue weighted by Crippen LogP contribution is 2.35. The number of nitrogens with one attached hydrogen (secondary N) is 1. The minimum absolute atomic E-state index is 0.247. The van der Waals surface area contributed by atoms with Crippen LogP contribution in [0.5, 0.6) is 5.88 Å².